The van der Waals surface area contributed by atoms with Crippen molar-refractivity contribution in [2.45, 2.75) is 32.5 Å². The van der Waals surface area contributed by atoms with Gasteiger partial charge in [-0.3, -0.25) is 14.7 Å². The van der Waals surface area contributed by atoms with Crippen molar-refractivity contribution >= 4 is 22.8 Å². The normalized spacial score (nSPS) is 16.2. The van der Waals surface area contributed by atoms with E-state index in [4.69, 9.17) is 14.5 Å². The summed E-state index contributed by atoms with van der Waals surface area (Å²) in [5.41, 5.74) is 5.00. The molecule has 1 aromatic heterocycles. The highest BCUT2D eigenvalue weighted by Gasteiger charge is 2.33. The number of carbonyl (C=O) groups is 2. The molecule has 0 saturated carbocycles. The van der Waals surface area contributed by atoms with Gasteiger partial charge in [0.25, 0.3) is 0 Å². The number of aromatic nitrogens is 1. The highest BCUT2D eigenvalue weighted by Crippen LogP contribution is 2.29. The fourth-order valence-corrected chi connectivity index (χ4v) is 4.23. The number of rotatable bonds is 4. The van der Waals surface area contributed by atoms with Gasteiger partial charge in [-0.05, 0) is 36.1 Å². The van der Waals surface area contributed by atoms with Crippen LogP contribution in [0.25, 0.3) is 10.9 Å². The lowest BCUT2D eigenvalue weighted by molar-refractivity contribution is -0.148. The fourth-order valence-electron chi connectivity index (χ4n) is 4.23. The monoisotopic (exact) mass is 404 g/mol. The topological polar surface area (TPSA) is 68.7 Å². The minimum atomic E-state index is -0.441. The van der Waals surface area contributed by atoms with Crippen molar-refractivity contribution < 1.29 is 19.1 Å². The summed E-state index contributed by atoms with van der Waals surface area (Å²) in [5, 5.41) is 0.912. The lowest BCUT2D eigenvalue weighted by atomic mass is 9.93. The Morgan fingerprint density at radius 3 is 2.47 bits per heavy atom. The number of hydrogen-bond acceptors (Lipinski definition) is 6. The molecule has 1 aliphatic heterocycles. The van der Waals surface area contributed by atoms with Crippen LogP contribution < -0.4 is 0 Å². The second-order valence-corrected chi connectivity index (χ2v) is 7.48. The first-order valence-electron chi connectivity index (χ1n) is 9.88. The molecule has 3 aromatic rings. The molecule has 0 N–H and O–H groups in total. The van der Waals surface area contributed by atoms with Gasteiger partial charge in [0.2, 0.25) is 0 Å². The highest BCUT2D eigenvalue weighted by atomic mass is 16.5. The number of methoxy groups -OCH3 is 2. The van der Waals surface area contributed by atoms with Crippen molar-refractivity contribution in [3.63, 3.8) is 0 Å². The van der Waals surface area contributed by atoms with Gasteiger partial charge < -0.3 is 9.47 Å². The number of fused-ring (bicyclic) bond motifs is 2. The van der Waals surface area contributed by atoms with Crippen molar-refractivity contribution in [2.24, 2.45) is 0 Å². The zero-order chi connectivity index (χ0) is 21.3. The molecule has 1 atom stereocenters. The maximum atomic E-state index is 12.6. The number of ether oxygens (including phenoxy) is 2. The Morgan fingerprint density at radius 1 is 1.03 bits per heavy atom. The van der Waals surface area contributed by atoms with E-state index in [2.05, 4.69) is 6.07 Å². The second kappa shape index (κ2) is 8.24. The predicted octanol–water partition coefficient (Wildman–Crippen LogP) is 3.43. The third-order valence-electron chi connectivity index (χ3n) is 5.79. The van der Waals surface area contributed by atoms with Crippen LogP contribution in [0.15, 0.2) is 48.5 Å². The number of benzene rings is 2. The number of pyridine rings is 1. The number of para-hydroxylation sites is 1. The van der Waals surface area contributed by atoms with Crippen molar-refractivity contribution in [1.29, 1.82) is 0 Å². The number of esters is 2. The Bertz CT molecular complexity index is 1130. The van der Waals surface area contributed by atoms with Crippen LogP contribution in [0.2, 0.25) is 0 Å². The Hall–Kier alpha value is -3.25. The molecular weight excluding hydrogens is 380 g/mol. The smallest absolute Gasteiger partial charge is 0.340 e. The van der Waals surface area contributed by atoms with Gasteiger partial charge in [-0.1, -0.05) is 42.5 Å². The predicted molar refractivity (Wildman–Crippen MR) is 113 cm³/mol. The molecule has 0 saturated heterocycles. The van der Waals surface area contributed by atoms with E-state index in [1.807, 2.05) is 54.3 Å². The SMILES string of the molecule is COC(=O)c1c(CN2Cc3ccccc3C[C@@H]2C(=O)OC)nc2ccccc2c1C. The first-order valence-corrected chi connectivity index (χ1v) is 9.88. The summed E-state index contributed by atoms with van der Waals surface area (Å²) in [6.45, 7) is 2.82. The average Bonchev–Trinajstić information content (AvgIpc) is 2.78. The lowest BCUT2D eigenvalue weighted by Gasteiger charge is -2.35. The van der Waals surface area contributed by atoms with Crippen LogP contribution in [0.1, 0.15) is 32.7 Å². The third-order valence-corrected chi connectivity index (χ3v) is 5.79. The van der Waals surface area contributed by atoms with E-state index in [0.717, 1.165) is 27.6 Å². The Labute approximate surface area is 175 Å². The minimum absolute atomic E-state index is 0.290. The summed E-state index contributed by atoms with van der Waals surface area (Å²) in [6, 6.07) is 15.4. The molecule has 0 amide bonds. The van der Waals surface area contributed by atoms with Gasteiger partial charge in [0.1, 0.15) is 6.04 Å². The van der Waals surface area contributed by atoms with Crippen molar-refractivity contribution in [3.05, 3.63) is 76.5 Å². The van der Waals surface area contributed by atoms with Crippen molar-refractivity contribution in [1.82, 2.24) is 9.88 Å². The molecule has 1 aliphatic rings. The molecule has 0 aliphatic carbocycles. The molecular formula is C24H24N2O4. The van der Waals surface area contributed by atoms with Gasteiger partial charge in [-0.2, -0.15) is 0 Å². The van der Waals surface area contributed by atoms with Gasteiger partial charge in [-0.25, -0.2) is 4.79 Å². The van der Waals surface area contributed by atoms with Crippen LogP contribution in [0.5, 0.6) is 0 Å². The van der Waals surface area contributed by atoms with Gasteiger partial charge in [0, 0.05) is 18.5 Å². The quantitative estimate of drug-likeness (QED) is 0.621. The van der Waals surface area contributed by atoms with Crippen LogP contribution in [-0.2, 0) is 33.8 Å². The third kappa shape index (κ3) is 3.55. The molecule has 0 radical (unpaired) electrons. The minimum Gasteiger partial charge on any atom is -0.468 e. The van der Waals surface area contributed by atoms with Gasteiger partial charge in [0.05, 0.1) is 31.0 Å². The van der Waals surface area contributed by atoms with E-state index in [0.29, 0.717) is 30.8 Å². The van der Waals surface area contributed by atoms with Crippen LogP contribution in [-0.4, -0.2) is 42.1 Å². The van der Waals surface area contributed by atoms with Crippen LogP contribution in [0.4, 0.5) is 0 Å². The zero-order valence-corrected chi connectivity index (χ0v) is 17.3. The summed E-state index contributed by atoms with van der Waals surface area (Å²) < 4.78 is 10.1. The summed E-state index contributed by atoms with van der Waals surface area (Å²) >= 11 is 0. The summed E-state index contributed by atoms with van der Waals surface area (Å²) in [4.78, 5) is 32.0. The largest absolute Gasteiger partial charge is 0.468 e. The average molecular weight is 404 g/mol. The molecule has 30 heavy (non-hydrogen) atoms. The van der Waals surface area contributed by atoms with E-state index in [1.165, 1.54) is 14.2 Å². The van der Waals surface area contributed by atoms with Crippen LogP contribution >= 0.6 is 0 Å². The molecule has 0 unspecified atom stereocenters. The number of nitrogens with zero attached hydrogens (tertiary/aromatic N) is 2. The van der Waals surface area contributed by atoms with Crippen LogP contribution in [0.3, 0.4) is 0 Å². The van der Waals surface area contributed by atoms with Crippen LogP contribution in [0, 0.1) is 6.92 Å². The fraction of sp³-hybridized carbons (Fsp3) is 0.292. The standard InChI is InChI=1S/C24H24N2O4/c1-15-18-10-6-7-11-19(18)25-20(22(15)24(28)30-3)14-26-13-17-9-5-4-8-16(17)12-21(26)23(27)29-2/h4-11,21H,12-14H2,1-3H3/t21-/m1/s1. The molecule has 2 heterocycles. The molecule has 2 aromatic carbocycles. The number of hydrogen-bond donors (Lipinski definition) is 0. The first kappa shape index (κ1) is 20.0. The van der Waals surface area contributed by atoms with E-state index in [-0.39, 0.29) is 5.97 Å². The van der Waals surface area contributed by atoms with Crippen molar-refractivity contribution in [3.8, 4) is 0 Å². The Kier molecular flexibility index (Phi) is 5.50. The molecule has 0 spiro atoms. The molecule has 6 nitrogen and oxygen atoms in total. The van der Waals surface area contributed by atoms with Gasteiger partial charge in [-0.15, -0.1) is 0 Å². The Morgan fingerprint density at radius 2 is 1.73 bits per heavy atom. The summed E-state index contributed by atoms with van der Waals surface area (Å²) in [5.74, 6) is -0.714. The van der Waals surface area contributed by atoms with Gasteiger partial charge >= 0.3 is 11.9 Å². The highest BCUT2D eigenvalue weighted by molar-refractivity contribution is 5.98. The lowest BCUT2D eigenvalue weighted by Crippen LogP contribution is -2.46. The summed E-state index contributed by atoms with van der Waals surface area (Å²) in [6.07, 6.45) is 0.558. The molecule has 4 rings (SSSR count). The van der Waals surface area contributed by atoms with Crippen molar-refractivity contribution in [2.75, 3.05) is 14.2 Å². The van der Waals surface area contributed by atoms with E-state index in [9.17, 15) is 9.59 Å². The second-order valence-electron chi connectivity index (χ2n) is 7.48. The summed E-state index contributed by atoms with van der Waals surface area (Å²) in [7, 11) is 2.77. The molecule has 154 valence electrons. The van der Waals surface area contributed by atoms with E-state index < -0.39 is 12.0 Å². The number of aryl methyl sites for hydroxylation is 1. The number of carbonyl (C=O) groups excluding carboxylic acids is 2. The maximum Gasteiger partial charge on any atom is 0.340 e. The van der Waals surface area contributed by atoms with Gasteiger partial charge in [0.15, 0.2) is 0 Å². The zero-order valence-electron chi connectivity index (χ0n) is 17.3. The molecule has 0 bridgehead atoms. The molecule has 0 fully saturated rings. The maximum absolute atomic E-state index is 12.6. The molecule has 6 heteroatoms. The van der Waals surface area contributed by atoms with E-state index in [1.54, 1.807) is 0 Å². The Balaban J connectivity index is 1.80. The van der Waals surface area contributed by atoms with E-state index >= 15 is 0 Å². The first-order chi connectivity index (χ1) is 14.5.